The number of carbonyl (C=O) groups excluding carboxylic acids is 2. The van der Waals surface area contributed by atoms with Gasteiger partial charge >= 0.3 is 0 Å². The number of aryl methyl sites for hydroxylation is 1. The molecule has 198 valence electrons. The molecule has 1 unspecified atom stereocenters. The maximum absolute atomic E-state index is 13.6. The van der Waals surface area contributed by atoms with Gasteiger partial charge < -0.3 is 14.6 Å². The Balaban J connectivity index is 1.97. The van der Waals surface area contributed by atoms with Crippen molar-refractivity contribution in [1.29, 1.82) is 0 Å². The fraction of sp³-hybridized carbons (Fsp3) is 0.312. The summed E-state index contributed by atoms with van der Waals surface area (Å²) in [6, 6.07) is 19.3. The molecule has 0 spiro atoms. The van der Waals surface area contributed by atoms with E-state index >= 15 is 0 Å². The summed E-state index contributed by atoms with van der Waals surface area (Å²) in [4.78, 5) is 28.6. The van der Waals surface area contributed by atoms with Crippen molar-refractivity contribution >= 4 is 23.1 Å². The van der Waals surface area contributed by atoms with E-state index in [1.54, 1.807) is 12.1 Å². The first-order valence-corrected chi connectivity index (χ1v) is 13.0. The second-order valence-corrected chi connectivity index (χ2v) is 10.4. The van der Waals surface area contributed by atoms with Crippen LogP contribution in [0.2, 0.25) is 0 Å². The molecule has 3 aromatic carbocycles. The Hall–Kier alpha value is -4.06. The topological polar surface area (TPSA) is 76.1 Å². The van der Waals surface area contributed by atoms with Crippen molar-refractivity contribution in [3.05, 3.63) is 94.6 Å². The first kappa shape index (κ1) is 27.0. The number of Topliss-reactive ketones (excluding diaryl/α,β-unsaturated/α-hetero) is 1. The molecule has 0 saturated carbocycles. The van der Waals surface area contributed by atoms with Gasteiger partial charge in [0.1, 0.15) is 17.3 Å². The van der Waals surface area contributed by atoms with Crippen LogP contribution in [-0.2, 0) is 15.0 Å². The highest BCUT2D eigenvalue weighted by atomic mass is 16.5. The van der Waals surface area contributed by atoms with Crippen molar-refractivity contribution in [2.24, 2.45) is 0 Å². The number of ketones is 1. The standard InChI is InChI=1S/C32H35NO5/c1-7-37-23-14-11-13-21(18-23)28-27(30(35)31(36)33(28)25-15-10-9-12-20(25)3)29(34)22-16-17-26(38-8-2)24(19-22)32(4,5)6/h9-19,28,34H,7-8H2,1-6H3/b29-27+. The number of carbonyl (C=O) groups is 2. The highest BCUT2D eigenvalue weighted by Crippen LogP contribution is 2.44. The van der Waals surface area contributed by atoms with Crippen LogP contribution >= 0.6 is 0 Å². The number of hydrogen-bond donors (Lipinski definition) is 1. The van der Waals surface area contributed by atoms with Crippen molar-refractivity contribution in [3.63, 3.8) is 0 Å². The Morgan fingerprint density at radius 3 is 2.29 bits per heavy atom. The monoisotopic (exact) mass is 513 g/mol. The second-order valence-electron chi connectivity index (χ2n) is 10.4. The van der Waals surface area contributed by atoms with Crippen LogP contribution in [0.4, 0.5) is 5.69 Å². The largest absolute Gasteiger partial charge is 0.507 e. The van der Waals surface area contributed by atoms with Crippen LogP contribution in [0.25, 0.3) is 5.76 Å². The zero-order valence-electron chi connectivity index (χ0n) is 22.9. The summed E-state index contributed by atoms with van der Waals surface area (Å²) in [5, 5.41) is 11.7. The summed E-state index contributed by atoms with van der Waals surface area (Å²) in [6.45, 7) is 12.9. The molecule has 0 bridgehead atoms. The average Bonchev–Trinajstić information content (AvgIpc) is 3.14. The molecule has 0 aliphatic carbocycles. The van der Waals surface area contributed by atoms with E-state index in [1.807, 2.05) is 75.4 Å². The van der Waals surface area contributed by atoms with Crippen molar-refractivity contribution in [2.75, 3.05) is 18.1 Å². The number of amides is 1. The van der Waals surface area contributed by atoms with Crippen LogP contribution in [-0.4, -0.2) is 30.0 Å². The number of hydrogen-bond acceptors (Lipinski definition) is 5. The smallest absolute Gasteiger partial charge is 0.300 e. The number of nitrogens with zero attached hydrogens (tertiary/aromatic N) is 1. The predicted octanol–water partition coefficient (Wildman–Crippen LogP) is 6.72. The van der Waals surface area contributed by atoms with E-state index in [1.165, 1.54) is 4.90 Å². The van der Waals surface area contributed by atoms with E-state index in [0.717, 1.165) is 16.9 Å². The fourth-order valence-electron chi connectivity index (χ4n) is 4.87. The molecule has 1 heterocycles. The quantitative estimate of drug-likeness (QED) is 0.216. The maximum atomic E-state index is 13.6. The zero-order valence-corrected chi connectivity index (χ0v) is 22.9. The van der Waals surface area contributed by atoms with Gasteiger partial charge in [-0.1, -0.05) is 51.1 Å². The summed E-state index contributed by atoms with van der Waals surface area (Å²) < 4.78 is 11.5. The van der Waals surface area contributed by atoms with Gasteiger partial charge in [-0.15, -0.1) is 0 Å². The Morgan fingerprint density at radius 1 is 0.921 bits per heavy atom. The molecule has 0 radical (unpaired) electrons. The van der Waals surface area contributed by atoms with Gasteiger partial charge in [0.05, 0.1) is 24.8 Å². The highest BCUT2D eigenvalue weighted by molar-refractivity contribution is 6.51. The molecule has 1 N–H and O–H groups in total. The Morgan fingerprint density at radius 2 is 1.63 bits per heavy atom. The van der Waals surface area contributed by atoms with Gasteiger partial charge in [0.15, 0.2) is 0 Å². The van der Waals surface area contributed by atoms with Gasteiger partial charge in [0.25, 0.3) is 11.7 Å². The predicted molar refractivity (Wildman–Crippen MR) is 150 cm³/mol. The zero-order chi connectivity index (χ0) is 27.6. The minimum absolute atomic E-state index is 0.0379. The van der Waals surface area contributed by atoms with Crippen molar-refractivity contribution in [3.8, 4) is 11.5 Å². The van der Waals surface area contributed by atoms with E-state index in [4.69, 9.17) is 9.47 Å². The molecule has 3 aromatic rings. The third-order valence-corrected chi connectivity index (χ3v) is 6.67. The number of rotatable bonds is 7. The van der Waals surface area contributed by atoms with Crippen LogP contribution in [0.15, 0.2) is 72.3 Å². The molecule has 1 aliphatic heterocycles. The Kier molecular flexibility index (Phi) is 7.63. The summed E-state index contributed by atoms with van der Waals surface area (Å²) in [5.41, 5.74) is 3.23. The molecule has 6 nitrogen and oxygen atoms in total. The van der Waals surface area contributed by atoms with Crippen molar-refractivity contribution < 1.29 is 24.2 Å². The van der Waals surface area contributed by atoms with Gasteiger partial charge in [0.2, 0.25) is 0 Å². The van der Waals surface area contributed by atoms with Gasteiger partial charge in [-0.05, 0) is 73.7 Å². The minimum atomic E-state index is -0.832. The number of ether oxygens (including phenoxy) is 2. The Labute approximate surface area is 224 Å². The summed E-state index contributed by atoms with van der Waals surface area (Å²) in [5.74, 6) is -0.299. The molecule has 1 saturated heterocycles. The van der Waals surface area contributed by atoms with Crippen molar-refractivity contribution in [1.82, 2.24) is 0 Å². The van der Waals surface area contributed by atoms with Gasteiger partial charge in [0, 0.05) is 16.8 Å². The lowest BCUT2D eigenvalue weighted by atomic mass is 9.84. The maximum Gasteiger partial charge on any atom is 0.300 e. The van der Waals surface area contributed by atoms with Gasteiger partial charge in [-0.2, -0.15) is 0 Å². The highest BCUT2D eigenvalue weighted by Gasteiger charge is 2.47. The lowest BCUT2D eigenvalue weighted by Crippen LogP contribution is -2.30. The van der Waals surface area contributed by atoms with E-state index in [2.05, 4.69) is 20.8 Å². The molecular formula is C32H35NO5. The van der Waals surface area contributed by atoms with Crippen LogP contribution in [0.1, 0.15) is 62.9 Å². The van der Waals surface area contributed by atoms with Gasteiger partial charge in [-0.25, -0.2) is 0 Å². The van der Waals surface area contributed by atoms with Crippen LogP contribution in [0.5, 0.6) is 11.5 Å². The van der Waals surface area contributed by atoms with Crippen LogP contribution in [0, 0.1) is 6.92 Å². The number of aliphatic hydroxyl groups is 1. The molecule has 6 heteroatoms. The number of benzene rings is 3. The first-order valence-electron chi connectivity index (χ1n) is 13.0. The van der Waals surface area contributed by atoms with Crippen molar-refractivity contribution in [2.45, 2.75) is 53.0 Å². The molecule has 1 fully saturated rings. The molecule has 4 rings (SSSR count). The second kappa shape index (κ2) is 10.7. The van der Waals surface area contributed by atoms with Crippen LogP contribution in [0.3, 0.4) is 0 Å². The first-order chi connectivity index (χ1) is 18.1. The summed E-state index contributed by atoms with van der Waals surface area (Å²) in [6.07, 6.45) is 0. The molecule has 0 aromatic heterocycles. The third kappa shape index (κ3) is 5.03. The lowest BCUT2D eigenvalue weighted by molar-refractivity contribution is -0.132. The normalized spacial score (nSPS) is 17.1. The van der Waals surface area contributed by atoms with E-state index in [-0.39, 0.29) is 16.7 Å². The molecular weight excluding hydrogens is 478 g/mol. The molecule has 38 heavy (non-hydrogen) atoms. The van der Waals surface area contributed by atoms with E-state index in [0.29, 0.717) is 35.8 Å². The lowest BCUT2D eigenvalue weighted by Gasteiger charge is -2.27. The fourth-order valence-corrected chi connectivity index (χ4v) is 4.87. The summed E-state index contributed by atoms with van der Waals surface area (Å²) >= 11 is 0. The Bertz CT molecular complexity index is 1400. The van der Waals surface area contributed by atoms with E-state index in [9.17, 15) is 14.7 Å². The molecule has 1 amide bonds. The number of aliphatic hydroxyl groups excluding tert-OH is 1. The minimum Gasteiger partial charge on any atom is -0.507 e. The molecule has 1 aliphatic rings. The molecule has 1 atom stereocenters. The van der Waals surface area contributed by atoms with E-state index < -0.39 is 17.7 Å². The SMILES string of the molecule is CCOc1cccc(C2/C(=C(\O)c3ccc(OCC)c(C(C)(C)C)c3)C(=O)C(=O)N2c2ccccc2C)c1. The van der Waals surface area contributed by atoms with Crippen LogP contribution < -0.4 is 14.4 Å². The average molecular weight is 514 g/mol. The summed E-state index contributed by atoms with van der Waals surface area (Å²) in [7, 11) is 0. The van der Waals surface area contributed by atoms with Gasteiger partial charge in [-0.3, -0.25) is 14.5 Å². The number of anilines is 1. The number of para-hydroxylation sites is 1. The third-order valence-electron chi connectivity index (χ3n) is 6.67.